The van der Waals surface area contributed by atoms with Gasteiger partial charge in [-0.1, -0.05) is 47.3 Å². The molecule has 5 heteroatoms. The smallest absolute Gasteiger partial charge is 0.262 e. The Balaban J connectivity index is 2.19. The zero-order chi connectivity index (χ0) is 15.5. The minimum atomic E-state index is -3.66. The van der Waals surface area contributed by atoms with Crippen molar-refractivity contribution in [1.29, 1.82) is 0 Å². The van der Waals surface area contributed by atoms with Crippen molar-refractivity contribution in [3.63, 3.8) is 0 Å². The molecule has 0 spiro atoms. The van der Waals surface area contributed by atoms with Crippen molar-refractivity contribution in [1.82, 2.24) is 4.89 Å². The van der Waals surface area contributed by atoms with Gasteiger partial charge in [0.25, 0.3) is 10.0 Å². The van der Waals surface area contributed by atoms with Crippen molar-refractivity contribution in [2.45, 2.75) is 31.3 Å². The van der Waals surface area contributed by atoms with Crippen LogP contribution in [0.2, 0.25) is 0 Å². The van der Waals surface area contributed by atoms with Crippen LogP contribution in [0.25, 0.3) is 11.1 Å². The average molecular weight is 305 g/mol. The van der Waals surface area contributed by atoms with Crippen LogP contribution in [0.4, 0.5) is 0 Å². The Labute approximate surface area is 125 Å². The Hall–Kier alpha value is -1.69. The summed E-state index contributed by atoms with van der Waals surface area (Å²) in [6, 6.07) is 16.5. The highest BCUT2D eigenvalue weighted by molar-refractivity contribution is 7.89. The molecule has 2 rings (SSSR count). The first kappa shape index (κ1) is 15.7. The molecule has 0 aliphatic carbocycles. The topological polar surface area (TPSA) is 55.4 Å². The first-order valence-corrected chi connectivity index (χ1v) is 8.12. The van der Waals surface area contributed by atoms with Crippen LogP contribution in [-0.4, -0.2) is 14.0 Å². The lowest BCUT2D eigenvalue weighted by atomic mass is 10.1. The number of hydrogen-bond acceptors (Lipinski definition) is 3. The molecule has 2 aromatic carbocycles. The zero-order valence-corrected chi connectivity index (χ0v) is 13.1. The van der Waals surface area contributed by atoms with Gasteiger partial charge in [0, 0.05) is 0 Å². The monoisotopic (exact) mass is 305 g/mol. The summed E-state index contributed by atoms with van der Waals surface area (Å²) < 4.78 is 24.2. The first-order valence-electron chi connectivity index (χ1n) is 6.63. The Bertz CT molecular complexity index is 687. The molecule has 0 fully saturated rings. The van der Waals surface area contributed by atoms with Crippen molar-refractivity contribution < 1.29 is 13.3 Å². The van der Waals surface area contributed by atoms with Gasteiger partial charge in [0.2, 0.25) is 0 Å². The van der Waals surface area contributed by atoms with E-state index in [1.54, 1.807) is 45.0 Å². The van der Waals surface area contributed by atoms with Crippen LogP contribution in [-0.2, 0) is 14.9 Å². The summed E-state index contributed by atoms with van der Waals surface area (Å²) >= 11 is 0. The van der Waals surface area contributed by atoms with Crippen molar-refractivity contribution in [2.75, 3.05) is 0 Å². The molecule has 0 aromatic heterocycles. The minimum Gasteiger partial charge on any atom is -0.281 e. The molecule has 0 bridgehead atoms. The molecule has 0 saturated heterocycles. The molecule has 112 valence electrons. The fraction of sp³-hybridized carbons (Fsp3) is 0.250. The van der Waals surface area contributed by atoms with Crippen LogP contribution in [0.1, 0.15) is 20.8 Å². The van der Waals surface area contributed by atoms with E-state index in [-0.39, 0.29) is 4.90 Å². The van der Waals surface area contributed by atoms with E-state index in [0.29, 0.717) is 0 Å². The molecule has 0 aliphatic heterocycles. The quantitative estimate of drug-likeness (QED) is 0.881. The van der Waals surface area contributed by atoms with Gasteiger partial charge >= 0.3 is 0 Å². The van der Waals surface area contributed by atoms with Crippen molar-refractivity contribution in [3.8, 4) is 11.1 Å². The molecule has 0 radical (unpaired) electrons. The lowest BCUT2D eigenvalue weighted by molar-refractivity contribution is -0.0357. The maximum absolute atomic E-state index is 12.1. The fourth-order valence-electron chi connectivity index (χ4n) is 1.69. The highest BCUT2D eigenvalue weighted by Crippen LogP contribution is 2.21. The van der Waals surface area contributed by atoms with Gasteiger partial charge in [-0.15, -0.1) is 0 Å². The molecule has 0 saturated carbocycles. The number of hydrogen-bond donors (Lipinski definition) is 1. The molecule has 0 heterocycles. The largest absolute Gasteiger partial charge is 0.281 e. The molecule has 1 N–H and O–H groups in total. The standard InChI is InChI=1S/C16H19NO3S/c1-16(2,3)20-17-21(18,19)15-11-9-14(10-12-15)13-7-5-4-6-8-13/h4-12,17H,1-3H3. The summed E-state index contributed by atoms with van der Waals surface area (Å²) in [4.78, 5) is 7.44. The van der Waals surface area contributed by atoms with E-state index in [0.717, 1.165) is 11.1 Å². The molecule has 0 unspecified atom stereocenters. The zero-order valence-electron chi connectivity index (χ0n) is 12.3. The highest BCUT2D eigenvalue weighted by atomic mass is 32.2. The highest BCUT2D eigenvalue weighted by Gasteiger charge is 2.19. The van der Waals surface area contributed by atoms with Gasteiger partial charge in [-0.25, -0.2) is 8.42 Å². The van der Waals surface area contributed by atoms with E-state index >= 15 is 0 Å². The van der Waals surface area contributed by atoms with Crippen LogP contribution in [0, 0.1) is 0 Å². The van der Waals surface area contributed by atoms with Crippen LogP contribution in [0.5, 0.6) is 0 Å². The fourth-order valence-corrected chi connectivity index (χ4v) is 2.64. The maximum Gasteiger partial charge on any atom is 0.262 e. The molecule has 21 heavy (non-hydrogen) atoms. The minimum absolute atomic E-state index is 0.173. The van der Waals surface area contributed by atoms with Gasteiger partial charge in [0.05, 0.1) is 10.5 Å². The van der Waals surface area contributed by atoms with E-state index in [1.165, 1.54) is 0 Å². The molecular formula is C16H19NO3S. The Morgan fingerprint density at radius 3 is 1.90 bits per heavy atom. The van der Waals surface area contributed by atoms with Crippen molar-refractivity contribution in [3.05, 3.63) is 54.6 Å². The SMILES string of the molecule is CC(C)(C)ONS(=O)(=O)c1ccc(-c2ccccc2)cc1. The van der Waals surface area contributed by atoms with Crippen LogP contribution >= 0.6 is 0 Å². The summed E-state index contributed by atoms with van der Waals surface area (Å²) in [6.45, 7) is 5.32. The van der Waals surface area contributed by atoms with Crippen LogP contribution in [0.15, 0.2) is 59.5 Å². The predicted molar refractivity (Wildman–Crippen MR) is 83.0 cm³/mol. The second-order valence-corrected chi connectivity index (χ2v) is 7.34. The summed E-state index contributed by atoms with van der Waals surface area (Å²) in [5.41, 5.74) is 1.42. The average Bonchev–Trinajstić information content (AvgIpc) is 2.46. The van der Waals surface area contributed by atoms with Crippen LogP contribution < -0.4 is 4.89 Å². The second-order valence-electron chi connectivity index (χ2n) is 5.69. The Morgan fingerprint density at radius 1 is 0.857 bits per heavy atom. The first-order chi connectivity index (χ1) is 9.78. The molecule has 0 amide bonds. The van der Waals surface area contributed by atoms with E-state index in [2.05, 4.69) is 4.89 Å². The summed E-state index contributed by atoms with van der Waals surface area (Å²) in [7, 11) is -3.66. The molecule has 0 aliphatic rings. The van der Waals surface area contributed by atoms with Gasteiger partial charge < -0.3 is 0 Å². The van der Waals surface area contributed by atoms with Crippen molar-refractivity contribution in [2.24, 2.45) is 0 Å². The Kier molecular flexibility index (Phi) is 4.46. The van der Waals surface area contributed by atoms with Crippen molar-refractivity contribution >= 4 is 10.0 Å². The van der Waals surface area contributed by atoms with E-state index in [1.807, 2.05) is 30.3 Å². The third kappa shape index (κ3) is 4.39. The third-order valence-corrected chi connectivity index (χ3v) is 3.92. The maximum atomic E-state index is 12.1. The summed E-state index contributed by atoms with van der Waals surface area (Å²) in [5, 5.41) is 0. The number of sulfonamides is 1. The van der Waals surface area contributed by atoms with Gasteiger partial charge in [-0.3, -0.25) is 4.84 Å². The predicted octanol–water partition coefficient (Wildman–Crippen LogP) is 3.36. The molecular weight excluding hydrogens is 286 g/mol. The molecule has 0 atom stereocenters. The normalized spacial score (nSPS) is 12.3. The number of benzene rings is 2. The number of rotatable bonds is 4. The Morgan fingerprint density at radius 2 is 1.38 bits per heavy atom. The second kappa shape index (κ2) is 5.97. The van der Waals surface area contributed by atoms with Gasteiger partial charge in [-0.05, 0) is 44.0 Å². The van der Waals surface area contributed by atoms with Gasteiger partial charge in [0.15, 0.2) is 0 Å². The van der Waals surface area contributed by atoms with Gasteiger partial charge in [-0.2, -0.15) is 0 Å². The summed E-state index contributed by atoms with van der Waals surface area (Å²) in [6.07, 6.45) is 0. The lowest BCUT2D eigenvalue weighted by Crippen LogP contribution is -2.33. The lowest BCUT2D eigenvalue weighted by Gasteiger charge is -2.19. The molecule has 2 aromatic rings. The summed E-state index contributed by atoms with van der Waals surface area (Å²) in [5.74, 6) is 0. The van der Waals surface area contributed by atoms with E-state index < -0.39 is 15.6 Å². The molecule has 4 nitrogen and oxygen atoms in total. The van der Waals surface area contributed by atoms with E-state index in [4.69, 9.17) is 4.84 Å². The third-order valence-electron chi connectivity index (χ3n) is 2.73. The van der Waals surface area contributed by atoms with E-state index in [9.17, 15) is 8.42 Å². The number of nitrogens with one attached hydrogen (secondary N) is 1. The van der Waals surface area contributed by atoms with Crippen LogP contribution in [0.3, 0.4) is 0 Å². The van der Waals surface area contributed by atoms with Gasteiger partial charge in [0.1, 0.15) is 0 Å².